The summed E-state index contributed by atoms with van der Waals surface area (Å²) < 4.78 is 0. The van der Waals surface area contributed by atoms with Crippen LogP contribution in [0.3, 0.4) is 0 Å². The molecule has 1 N–H and O–H groups in total. The largest absolute Gasteiger partial charge is 0.388 e. The van der Waals surface area contributed by atoms with E-state index in [0.717, 1.165) is 18.4 Å². The van der Waals surface area contributed by atoms with E-state index in [1.165, 1.54) is 11.1 Å². The molecule has 1 aliphatic rings. The highest BCUT2D eigenvalue weighted by molar-refractivity contribution is 5.35. The highest BCUT2D eigenvalue weighted by atomic mass is 16.3. The normalized spacial score (nSPS) is 22.4. The number of aliphatic hydroxyl groups excluding tert-OH is 1. The van der Waals surface area contributed by atoms with E-state index in [-0.39, 0.29) is 6.10 Å². The van der Waals surface area contributed by atoms with Crippen LogP contribution in [0.15, 0.2) is 48.8 Å². The molecule has 0 saturated carbocycles. The number of nitrogens with zero attached hydrogens (tertiary/aromatic N) is 1. The van der Waals surface area contributed by atoms with Crippen LogP contribution < -0.4 is 0 Å². The summed E-state index contributed by atoms with van der Waals surface area (Å²) in [6.07, 6.45) is 5.19. The van der Waals surface area contributed by atoms with E-state index >= 15 is 0 Å². The van der Waals surface area contributed by atoms with Gasteiger partial charge in [-0.15, -0.1) is 0 Å². The van der Waals surface area contributed by atoms with Crippen molar-refractivity contribution in [3.8, 4) is 0 Å². The Bertz CT molecular complexity index is 509. The van der Waals surface area contributed by atoms with Gasteiger partial charge < -0.3 is 5.11 Å². The molecule has 0 spiro atoms. The second kappa shape index (κ2) is 4.30. The summed E-state index contributed by atoms with van der Waals surface area (Å²) in [6, 6.07) is 12.2. The summed E-state index contributed by atoms with van der Waals surface area (Å²) in [7, 11) is 0. The first-order valence-corrected chi connectivity index (χ1v) is 5.99. The molecular formula is C15H15NO. The molecule has 86 valence electrons. The van der Waals surface area contributed by atoms with E-state index in [1.54, 1.807) is 0 Å². The summed E-state index contributed by atoms with van der Waals surface area (Å²) in [5.41, 5.74) is 3.64. The van der Waals surface area contributed by atoms with Gasteiger partial charge in [0, 0.05) is 12.4 Å². The number of pyridine rings is 1. The predicted molar refractivity (Wildman–Crippen MR) is 66.5 cm³/mol. The Morgan fingerprint density at radius 3 is 2.65 bits per heavy atom. The third-order valence-corrected chi connectivity index (χ3v) is 3.55. The quantitative estimate of drug-likeness (QED) is 0.852. The van der Waals surface area contributed by atoms with Crippen molar-refractivity contribution in [2.24, 2.45) is 5.92 Å². The number of rotatable bonds is 2. The fourth-order valence-electron chi connectivity index (χ4n) is 2.66. The number of hydrogen-bond acceptors (Lipinski definition) is 2. The zero-order valence-corrected chi connectivity index (χ0v) is 9.58. The molecule has 2 nitrogen and oxygen atoms in total. The van der Waals surface area contributed by atoms with Gasteiger partial charge in [-0.1, -0.05) is 24.3 Å². The molecule has 0 saturated heterocycles. The molecule has 0 amide bonds. The smallest absolute Gasteiger partial charge is 0.0827 e. The Morgan fingerprint density at radius 2 is 1.88 bits per heavy atom. The molecule has 17 heavy (non-hydrogen) atoms. The average molecular weight is 225 g/mol. The first-order chi connectivity index (χ1) is 8.34. The minimum absolute atomic E-state index is 0.301. The number of hydrogen-bond donors (Lipinski definition) is 1. The van der Waals surface area contributed by atoms with Crippen molar-refractivity contribution >= 4 is 0 Å². The molecule has 1 aromatic heterocycles. The maximum atomic E-state index is 10.3. The molecule has 2 heteroatoms. The van der Waals surface area contributed by atoms with Crippen LogP contribution in [-0.4, -0.2) is 10.1 Å². The predicted octanol–water partition coefficient (Wildman–Crippen LogP) is 2.53. The van der Waals surface area contributed by atoms with Gasteiger partial charge in [-0.2, -0.15) is 0 Å². The lowest BCUT2D eigenvalue weighted by Gasteiger charge is -2.14. The fourth-order valence-corrected chi connectivity index (χ4v) is 2.66. The van der Waals surface area contributed by atoms with Crippen molar-refractivity contribution in [3.63, 3.8) is 0 Å². The molecule has 3 rings (SSSR count). The first kappa shape index (κ1) is 10.5. The second-order valence-electron chi connectivity index (χ2n) is 4.67. The van der Waals surface area contributed by atoms with Gasteiger partial charge in [0.15, 0.2) is 0 Å². The SMILES string of the molecule is OC1c2ccccc2CC1Cc1ccncc1. The third-order valence-electron chi connectivity index (χ3n) is 3.55. The lowest BCUT2D eigenvalue weighted by Crippen LogP contribution is -2.10. The standard InChI is InChI=1S/C15H15NO/c17-15-13(9-11-5-7-16-8-6-11)10-12-3-1-2-4-14(12)15/h1-8,13,15,17H,9-10H2. The van der Waals surface area contributed by atoms with Crippen molar-refractivity contribution in [2.45, 2.75) is 18.9 Å². The Morgan fingerprint density at radius 1 is 1.12 bits per heavy atom. The van der Waals surface area contributed by atoms with Gasteiger partial charge in [-0.05, 0) is 47.6 Å². The van der Waals surface area contributed by atoms with Gasteiger partial charge in [0.25, 0.3) is 0 Å². The topological polar surface area (TPSA) is 33.1 Å². The zero-order valence-electron chi connectivity index (χ0n) is 9.58. The minimum atomic E-state index is -0.320. The Hall–Kier alpha value is -1.67. The molecule has 0 bridgehead atoms. The molecule has 2 unspecified atom stereocenters. The van der Waals surface area contributed by atoms with Crippen molar-refractivity contribution in [3.05, 3.63) is 65.5 Å². The molecular weight excluding hydrogens is 210 g/mol. The monoisotopic (exact) mass is 225 g/mol. The number of fused-ring (bicyclic) bond motifs is 1. The van der Waals surface area contributed by atoms with E-state index < -0.39 is 0 Å². The summed E-state index contributed by atoms with van der Waals surface area (Å²) in [5, 5.41) is 10.3. The number of benzene rings is 1. The highest BCUT2D eigenvalue weighted by Crippen LogP contribution is 2.37. The summed E-state index contributed by atoms with van der Waals surface area (Å²) in [5.74, 6) is 0.301. The van der Waals surface area contributed by atoms with E-state index in [0.29, 0.717) is 5.92 Å². The second-order valence-corrected chi connectivity index (χ2v) is 4.67. The summed E-state index contributed by atoms with van der Waals surface area (Å²) in [6.45, 7) is 0. The first-order valence-electron chi connectivity index (χ1n) is 5.99. The highest BCUT2D eigenvalue weighted by Gasteiger charge is 2.30. The summed E-state index contributed by atoms with van der Waals surface area (Å²) in [4.78, 5) is 4.02. The molecule has 0 radical (unpaired) electrons. The van der Waals surface area contributed by atoms with Crippen LogP contribution in [0.5, 0.6) is 0 Å². The number of aromatic nitrogens is 1. The van der Waals surface area contributed by atoms with Crippen LogP contribution in [0.1, 0.15) is 22.8 Å². The van der Waals surface area contributed by atoms with E-state index in [2.05, 4.69) is 11.1 Å². The maximum Gasteiger partial charge on any atom is 0.0827 e. The van der Waals surface area contributed by atoms with Gasteiger partial charge in [-0.25, -0.2) is 0 Å². The Balaban J connectivity index is 1.81. The van der Waals surface area contributed by atoms with Crippen LogP contribution in [0.25, 0.3) is 0 Å². The zero-order chi connectivity index (χ0) is 11.7. The lowest BCUT2D eigenvalue weighted by atomic mass is 9.95. The van der Waals surface area contributed by atoms with E-state index in [4.69, 9.17) is 0 Å². The molecule has 1 aliphatic carbocycles. The van der Waals surface area contributed by atoms with Crippen LogP contribution in [0, 0.1) is 5.92 Å². The van der Waals surface area contributed by atoms with Gasteiger partial charge >= 0.3 is 0 Å². The van der Waals surface area contributed by atoms with Crippen molar-refractivity contribution in [1.29, 1.82) is 0 Å². The fraction of sp³-hybridized carbons (Fsp3) is 0.267. The maximum absolute atomic E-state index is 10.3. The lowest BCUT2D eigenvalue weighted by molar-refractivity contribution is 0.123. The number of aliphatic hydroxyl groups is 1. The van der Waals surface area contributed by atoms with Gasteiger partial charge in [0.2, 0.25) is 0 Å². The minimum Gasteiger partial charge on any atom is -0.388 e. The molecule has 2 atom stereocenters. The molecule has 2 aromatic rings. The van der Waals surface area contributed by atoms with Crippen LogP contribution in [0.2, 0.25) is 0 Å². The van der Waals surface area contributed by atoms with Crippen molar-refractivity contribution in [1.82, 2.24) is 4.98 Å². The molecule has 1 heterocycles. The molecule has 1 aromatic carbocycles. The third kappa shape index (κ3) is 1.96. The summed E-state index contributed by atoms with van der Waals surface area (Å²) >= 11 is 0. The van der Waals surface area contributed by atoms with Gasteiger partial charge in [0.1, 0.15) is 0 Å². The molecule has 0 fully saturated rings. The Kier molecular flexibility index (Phi) is 2.65. The Labute approximate surface area is 101 Å². The van der Waals surface area contributed by atoms with Gasteiger partial charge in [0.05, 0.1) is 6.10 Å². The molecule has 0 aliphatic heterocycles. The van der Waals surface area contributed by atoms with Crippen LogP contribution in [-0.2, 0) is 12.8 Å². The van der Waals surface area contributed by atoms with Crippen LogP contribution in [0.4, 0.5) is 0 Å². The van der Waals surface area contributed by atoms with E-state index in [1.807, 2.05) is 42.7 Å². The van der Waals surface area contributed by atoms with E-state index in [9.17, 15) is 5.11 Å². The van der Waals surface area contributed by atoms with Gasteiger partial charge in [-0.3, -0.25) is 4.98 Å². The van der Waals surface area contributed by atoms with Crippen molar-refractivity contribution in [2.75, 3.05) is 0 Å². The van der Waals surface area contributed by atoms with Crippen LogP contribution >= 0.6 is 0 Å². The van der Waals surface area contributed by atoms with Crippen molar-refractivity contribution < 1.29 is 5.11 Å². The average Bonchev–Trinajstić information content (AvgIpc) is 2.68.